The summed E-state index contributed by atoms with van der Waals surface area (Å²) in [7, 11) is 0. The number of hydrogen-bond acceptors (Lipinski definition) is 1. The fourth-order valence-corrected chi connectivity index (χ4v) is 6.83. The Labute approximate surface area is 312 Å². The van der Waals surface area contributed by atoms with E-state index >= 15 is 0 Å². The lowest BCUT2D eigenvalue weighted by molar-refractivity contribution is 1.28. The maximum absolute atomic E-state index is 9.47. The number of hydrogen-bond donors (Lipinski definition) is 0. The third-order valence-electron chi connectivity index (χ3n) is 9.22. The van der Waals surface area contributed by atoms with E-state index in [1.54, 1.807) is 4.90 Å². The van der Waals surface area contributed by atoms with Crippen molar-refractivity contribution in [3.05, 3.63) is 212 Å². The molecule has 0 aliphatic heterocycles. The summed E-state index contributed by atoms with van der Waals surface area (Å²) in [4.78, 5) is 1.70. The Morgan fingerprint density at radius 3 is 1.75 bits per heavy atom. The third-order valence-corrected chi connectivity index (χ3v) is 9.22. The summed E-state index contributed by atoms with van der Waals surface area (Å²) in [5, 5.41) is 4.28. The first-order chi connectivity index (χ1) is 29.0. The molecule has 0 spiro atoms. The molecule has 0 aromatic heterocycles. The molecule has 0 amide bonds. The van der Waals surface area contributed by atoms with Crippen LogP contribution in [0.25, 0.3) is 66.1 Å². The monoisotopic (exact) mass is 658 g/mol. The first-order valence-electron chi connectivity index (χ1n) is 21.3. The van der Waals surface area contributed by atoms with E-state index in [2.05, 4.69) is 54.6 Å². The molecular formula is C50H35N. The highest BCUT2D eigenvalue weighted by Crippen LogP contribution is 2.42. The van der Waals surface area contributed by atoms with Gasteiger partial charge in [-0.3, -0.25) is 0 Å². The molecule has 0 radical (unpaired) electrons. The molecule has 240 valence electrons. The second-order valence-corrected chi connectivity index (χ2v) is 12.3. The molecule has 9 aromatic carbocycles. The van der Waals surface area contributed by atoms with Gasteiger partial charge in [-0.15, -0.1) is 0 Å². The first kappa shape index (κ1) is 22.1. The molecule has 0 unspecified atom stereocenters. The molecule has 0 bridgehead atoms. The highest BCUT2D eigenvalue weighted by atomic mass is 15.1. The van der Waals surface area contributed by atoms with Crippen LogP contribution in [0.5, 0.6) is 0 Å². The van der Waals surface area contributed by atoms with Crippen molar-refractivity contribution in [3.8, 4) is 44.5 Å². The Bertz CT molecular complexity index is 3080. The molecule has 0 saturated heterocycles. The quantitative estimate of drug-likeness (QED) is 0.165. The lowest BCUT2D eigenvalue weighted by Gasteiger charge is -2.27. The zero-order valence-electron chi connectivity index (χ0n) is 36.5. The molecule has 0 heterocycles. The molecule has 0 aliphatic carbocycles. The topological polar surface area (TPSA) is 3.24 Å². The minimum absolute atomic E-state index is 0.0564. The van der Waals surface area contributed by atoms with E-state index in [1.165, 1.54) is 0 Å². The Morgan fingerprint density at radius 2 is 0.961 bits per heavy atom. The van der Waals surface area contributed by atoms with E-state index in [0.717, 1.165) is 54.9 Å². The zero-order chi connectivity index (χ0) is 41.8. The van der Waals surface area contributed by atoms with E-state index in [0.29, 0.717) is 11.4 Å². The van der Waals surface area contributed by atoms with Gasteiger partial charge in [0.15, 0.2) is 0 Å². The highest BCUT2D eigenvalue weighted by Gasteiger charge is 2.17. The largest absolute Gasteiger partial charge is 0.310 e. The SMILES string of the molecule is [2H]c1c([2H])c([2H])c(-c2c([2H])c([2H])c(N(c3ccc(-c4c(-c5ccccc5)ccc5ccccc45)cc3)c3cccc(-c4cccc5ccccc45)c3)c([2H])c2[2H])c([2H])c1[2H]. The summed E-state index contributed by atoms with van der Waals surface area (Å²) < 4.78 is 79.3. The average Bonchev–Trinajstić information content (AvgIpc) is 3.29. The molecule has 1 nitrogen and oxygen atoms in total. The molecular weight excluding hydrogens is 615 g/mol. The van der Waals surface area contributed by atoms with E-state index in [4.69, 9.17) is 6.85 Å². The summed E-state index contributed by atoms with van der Waals surface area (Å²) in [6.07, 6.45) is 0. The zero-order valence-corrected chi connectivity index (χ0v) is 27.5. The number of fused-ring (bicyclic) bond motifs is 2. The summed E-state index contributed by atoms with van der Waals surface area (Å²) in [6.45, 7) is 0. The van der Waals surface area contributed by atoms with Crippen molar-refractivity contribution in [2.75, 3.05) is 4.90 Å². The maximum atomic E-state index is 9.47. The van der Waals surface area contributed by atoms with E-state index in [1.807, 2.05) is 103 Å². The Kier molecular flexibility index (Phi) is 5.77. The van der Waals surface area contributed by atoms with Gasteiger partial charge in [0.05, 0.1) is 12.3 Å². The van der Waals surface area contributed by atoms with Crippen molar-refractivity contribution < 1.29 is 12.3 Å². The Balaban J connectivity index is 1.27. The van der Waals surface area contributed by atoms with Gasteiger partial charge >= 0.3 is 0 Å². The van der Waals surface area contributed by atoms with Crippen LogP contribution < -0.4 is 4.90 Å². The van der Waals surface area contributed by atoms with Crippen molar-refractivity contribution in [3.63, 3.8) is 0 Å². The fourth-order valence-electron chi connectivity index (χ4n) is 6.83. The normalized spacial score (nSPS) is 13.6. The average molecular weight is 659 g/mol. The van der Waals surface area contributed by atoms with Gasteiger partial charge in [0.1, 0.15) is 0 Å². The number of benzene rings is 9. The second kappa shape index (κ2) is 13.3. The van der Waals surface area contributed by atoms with Gasteiger partial charge in [-0.2, -0.15) is 0 Å². The van der Waals surface area contributed by atoms with Crippen LogP contribution in [0, 0.1) is 0 Å². The molecule has 0 N–H and O–H groups in total. The van der Waals surface area contributed by atoms with Crippen molar-refractivity contribution in [1.29, 1.82) is 0 Å². The van der Waals surface area contributed by atoms with Gasteiger partial charge in [-0.25, -0.2) is 0 Å². The maximum Gasteiger partial charge on any atom is 0.0645 e. The van der Waals surface area contributed by atoms with E-state index < -0.39 is 54.4 Å². The van der Waals surface area contributed by atoms with Crippen LogP contribution in [0.15, 0.2) is 212 Å². The minimum atomic E-state index is -0.625. The van der Waals surface area contributed by atoms with Crippen LogP contribution in [0.1, 0.15) is 12.3 Å². The van der Waals surface area contributed by atoms with Gasteiger partial charge in [0, 0.05) is 17.1 Å². The van der Waals surface area contributed by atoms with Gasteiger partial charge in [-0.1, -0.05) is 176 Å². The van der Waals surface area contributed by atoms with Crippen LogP contribution in [-0.2, 0) is 0 Å². The molecule has 0 aliphatic rings. The predicted molar refractivity (Wildman–Crippen MR) is 218 cm³/mol. The van der Waals surface area contributed by atoms with Crippen molar-refractivity contribution in [2.24, 2.45) is 0 Å². The van der Waals surface area contributed by atoms with Crippen LogP contribution in [0.4, 0.5) is 17.1 Å². The standard InChI is InChI=1S/C50H35N/c1-3-13-36(14-4-1)37-25-30-43(31-26-37)51(45-21-11-20-42(35-45)47-24-12-19-38-17-7-9-22-46(38)47)44-32-27-41(28-33-44)50-48-23-10-8-18-40(48)29-34-49(50)39-15-5-2-6-16-39/h1-35H/i1D,3D,4D,13D,14D,25D,26D,30D,31D. The number of anilines is 3. The van der Waals surface area contributed by atoms with E-state index in [-0.39, 0.29) is 16.8 Å². The second-order valence-electron chi connectivity index (χ2n) is 12.3. The van der Waals surface area contributed by atoms with Crippen molar-refractivity contribution in [1.82, 2.24) is 0 Å². The molecule has 51 heavy (non-hydrogen) atoms. The molecule has 1 heteroatoms. The molecule has 9 rings (SSSR count). The Hall–Kier alpha value is -6.70. The lowest BCUT2D eigenvalue weighted by Crippen LogP contribution is -2.10. The summed E-state index contributed by atoms with van der Waals surface area (Å²) in [5.74, 6) is 0. The van der Waals surface area contributed by atoms with Crippen LogP contribution in [0.2, 0.25) is 0 Å². The fraction of sp³-hybridized carbons (Fsp3) is 0. The lowest BCUT2D eigenvalue weighted by atomic mass is 9.89. The number of nitrogens with zero attached hydrogens (tertiary/aromatic N) is 1. The minimum Gasteiger partial charge on any atom is -0.310 e. The first-order valence-corrected chi connectivity index (χ1v) is 16.8. The van der Waals surface area contributed by atoms with Gasteiger partial charge in [0.2, 0.25) is 0 Å². The van der Waals surface area contributed by atoms with E-state index in [9.17, 15) is 5.48 Å². The van der Waals surface area contributed by atoms with Gasteiger partial charge in [0.25, 0.3) is 0 Å². The van der Waals surface area contributed by atoms with Gasteiger partial charge < -0.3 is 4.90 Å². The Morgan fingerprint density at radius 1 is 0.333 bits per heavy atom. The third kappa shape index (κ3) is 5.86. The molecule has 0 saturated carbocycles. The van der Waals surface area contributed by atoms with Crippen LogP contribution in [-0.4, -0.2) is 0 Å². The smallest absolute Gasteiger partial charge is 0.0645 e. The van der Waals surface area contributed by atoms with Crippen molar-refractivity contribution in [2.45, 2.75) is 0 Å². The molecule has 0 fully saturated rings. The molecule has 9 aromatic rings. The summed E-state index contributed by atoms with van der Waals surface area (Å²) in [6, 6.07) is 47.4. The van der Waals surface area contributed by atoms with Crippen LogP contribution in [0.3, 0.4) is 0 Å². The van der Waals surface area contributed by atoms with Crippen LogP contribution >= 0.6 is 0 Å². The number of rotatable bonds is 7. The van der Waals surface area contributed by atoms with Gasteiger partial charge in [-0.05, 0) is 102 Å². The summed E-state index contributed by atoms with van der Waals surface area (Å²) >= 11 is 0. The highest BCUT2D eigenvalue weighted by molar-refractivity contribution is 6.04. The molecule has 0 atom stereocenters. The summed E-state index contributed by atoms with van der Waals surface area (Å²) in [5.41, 5.74) is 6.29. The predicted octanol–water partition coefficient (Wildman–Crippen LogP) is 14.1. The van der Waals surface area contributed by atoms with Crippen molar-refractivity contribution >= 4 is 38.6 Å².